The molecule has 4 rings (SSSR count). The molecule has 1 amide bonds. The number of hydrogen-bond acceptors (Lipinski definition) is 3. The molecule has 30 heavy (non-hydrogen) atoms. The number of nitrogens with zero attached hydrogens (tertiary/aromatic N) is 2. The van der Waals surface area contributed by atoms with Gasteiger partial charge >= 0.3 is 0 Å². The predicted octanol–water partition coefficient (Wildman–Crippen LogP) is 4.46. The van der Waals surface area contributed by atoms with Crippen LogP contribution < -0.4 is 5.32 Å². The maximum Gasteiger partial charge on any atom is 0.223 e. The minimum Gasteiger partial charge on any atom is -0.352 e. The number of benzene rings is 2. The van der Waals surface area contributed by atoms with Gasteiger partial charge in [0.05, 0.1) is 0 Å². The Kier molecular flexibility index (Phi) is 7.42. The molecule has 5 heteroatoms. The number of rotatable bonds is 7. The molecular formula is C25H32ClN3O. The number of carbonyl (C=O) groups excluding carboxylic acids is 1. The van der Waals surface area contributed by atoms with Crippen molar-refractivity contribution < 1.29 is 4.79 Å². The number of likely N-dealkylation sites (tertiary alicyclic amines) is 2. The smallest absolute Gasteiger partial charge is 0.223 e. The molecule has 2 aliphatic rings. The Labute approximate surface area is 185 Å². The molecule has 0 aromatic heterocycles. The standard InChI is InChI=1S/C25H32ClN3O/c26-24-9-2-1-8-23(24)19-29-14-10-22(11-15-29)25(30)27-17-20-6-5-7-21(16-20)18-28-12-3-4-13-28/h1-2,5-9,16,22H,3-4,10-15,17-19H2,(H,27,30). The van der Waals surface area contributed by atoms with Crippen molar-refractivity contribution in [1.82, 2.24) is 15.1 Å². The maximum absolute atomic E-state index is 12.7. The van der Waals surface area contributed by atoms with Crippen LogP contribution in [-0.4, -0.2) is 41.9 Å². The summed E-state index contributed by atoms with van der Waals surface area (Å²) in [7, 11) is 0. The zero-order valence-corrected chi connectivity index (χ0v) is 18.4. The number of nitrogens with one attached hydrogen (secondary N) is 1. The largest absolute Gasteiger partial charge is 0.352 e. The molecule has 0 aliphatic carbocycles. The Balaban J connectivity index is 1.22. The molecule has 0 atom stereocenters. The van der Waals surface area contributed by atoms with E-state index >= 15 is 0 Å². The molecule has 160 valence electrons. The van der Waals surface area contributed by atoms with Crippen molar-refractivity contribution in [3.63, 3.8) is 0 Å². The number of carbonyl (C=O) groups is 1. The second-order valence-corrected chi connectivity index (χ2v) is 9.07. The van der Waals surface area contributed by atoms with Crippen LogP contribution in [0, 0.1) is 5.92 Å². The Morgan fingerprint density at radius 1 is 0.900 bits per heavy atom. The summed E-state index contributed by atoms with van der Waals surface area (Å²) in [4.78, 5) is 17.6. The van der Waals surface area contributed by atoms with Crippen LogP contribution in [0.4, 0.5) is 0 Å². The minimum atomic E-state index is 0.111. The Bertz CT molecular complexity index is 842. The second-order valence-electron chi connectivity index (χ2n) is 8.66. The van der Waals surface area contributed by atoms with E-state index in [1.54, 1.807) is 0 Å². The van der Waals surface area contributed by atoms with Crippen LogP contribution in [0.25, 0.3) is 0 Å². The van der Waals surface area contributed by atoms with E-state index < -0.39 is 0 Å². The predicted molar refractivity (Wildman–Crippen MR) is 122 cm³/mol. The molecule has 0 spiro atoms. The van der Waals surface area contributed by atoms with Gasteiger partial charge in [0.2, 0.25) is 5.91 Å². The summed E-state index contributed by atoms with van der Waals surface area (Å²) in [6, 6.07) is 16.7. The van der Waals surface area contributed by atoms with E-state index in [0.29, 0.717) is 6.54 Å². The summed E-state index contributed by atoms with van der Waals surface area (Å²) in [5, 5.41) is 3.99. The van der Waals surface area contributed by atoms with Gasteiger partial charge in [-0.1, -0.05) is 54.1 Å². The van der Waals surface area contributed by atoms with Crippen molar-refractivity contribution in [2.24, 2.45) is 5.92 Å². The molecule has 0 radical (unpaired) electrons. The van der Waals surface area contributed by atoms with Gasteiger partial charge in [0.1, 0.15) is 0 Å². The van der Waals surface area contributed by atoms with Crippen molar-refractivity contribution in [3.8, 4) is 0 Å². The third kappa shape index (κ3) is 5.84. The number of halogens is 1. The van der Waals surface area contributed by atoms with Gasteiger partial charge in [0.25, 0.3) is 0 Å². The molecule has 0 unspecified atom stereocenters. The van der Waals surface area contributed by atoms with Gasteiger partial charge in [-0.25, -0.2) is 0 Å². The van der Waals surface area contributed by atoms with Gasteiger partial charge in [-0.3, -0.25) is 14.6 Å². The van der Waals surface area contributed by atoms with Crippen LogP contribution in [0.2, 0.25) is 5.02 Å². The average Bonchev–Trinajstić information content (AvgIpc) is 3.27. The second kappa shape index (κ2) is 10.4. The summed E-state index contributed by atoms with van der Waals surface area (Å²) >= 11 is 6.29. The molecule has 1 N–H and O–H groups in total. The van der Waals surface area contributed by atoms with E-state index in [-0.39, 0.29) is 11.8 Å². The van der Waals surface area contributed by atoms with Crippen molar-refractivity contribution >= 4 is 17.5 Å². The first-order chi connectivity index (χ1) is 14.7. The molecular weight excluding hydrogens is 394 g/mol. The van der Waals surface area contributed by atoms with Gasteiger partial charge in [0.15, 0.2) is 0 Å². The SMILES string of the molecule is O=C(NCc1cccc(CN2CCCC2)c1)C1CCN(Cc2ccccc2Cl)CC1. The number of piperidine rings is 1. The molecule has 0 bridgehead atoms. The molecule has 4 nitrogen and oxygen atoms in total. The molecule has 0 saturated carbocycles. The lowest BCUT2D eigenvalue weighted by Crippen LogP contribution is -2.40. The summed E-state index contributed by atoms with van der Waals surface area (Å²) < 4.78 is 0. The third-order valence-electron chi connectivity index (χ3n) is 6.37. The zero-order valence-electron chi connectivity index (χ0n) is 17.7. The van der Waals surface area contributed by atoms with E-state index in [0.717, 1.165) is 49.6 Å². The lowest BCUT2D eigenvalue weighted by Gasteiger charge is -2.31. The average molecular weight is 426 g/mol. The van der Waals surface area contributed by atoms with Crippen molar-refractivity contribution in [1.29, 1.82) is 0 Å². The topological polar surface area (TPSA) is 35.6 Å². The van der Waals surface area contributed by atoms with Crippen molar-refractivity contribution in [3.05, 3.63) is 70.2 Å². The van der Waals surface area contributed by atoms with Gasteiger partial charge < -0.3 is 5.32 Å². The van der Waals surface area contributed by atoms with Gasteiger partial charge in [-0.2, -0.15) is 0 Å². The third-order valence-corrected chi connectivity index (χ3v) is 6.74. The molecule has 2 heterocycles. The van der Waals surface area contributed by atoms with E-state index in [2.05, 4.69) is 45.4 Å². The van der Waals surface area contributed by atoms with E-state index in [9.17, 15) is 4.79 Å². The normalized spacial score (nSPS) is 18.6. The number of hydrogen-bond donors (Lipinski definition) is 1. The van der Waals surface area contributed by atoms with Crippen LogP contribution in [0.3, 0.4) is 0 Å². The Morgan fingerprint density at radius 2 is 1.60 bits per heavy atom. The fraction of sp³-hybridized carbons (Fsp3) is 0.480. The monoisotopic (exact) mass is 425 g/mol. The quantitative estimate of drug-likeness (QED) is 0.711. The van der Waals surface area contributed by atoms with Crippen LogP contribution in [0.15, 0.2) is 48.5 Å². The van der Waals surface area contributed by atoms with Gasteiger partial charge in [0, 0.05) is 30.6 Å². The first-order valence-corrected chi connectivity index (χ1v) is 11.6. The van der Waals surface area contributed by atoms with Crippen LogP contribution in [0.5, 0.6) is 0 Å². The van der Waals surface area contributed by atoms with E-state index in [4.69, 9.17) is 11.6 Å². The van der Waals surface area contributed by atoms with Crippen LogP contribution >= 0.6 is 11.6 Å². The highest BCUT2D eigenvalue weighted by Gasteiger charge is 2.25. The highest BCUT2D eigenvalue weighted by atomic mass is 35.5. The van der Waals surface area contributed by atoms with Crippen LogP contribution in [0.1, 0.15) is 42.4 Å². The van der Waals surface area contributed by atoms with Gasteiger partial charge in [-0.15, -0.1) is 0 Å². The van der Waals surface area contributed by atoms with Crippen LogP contribution in [-0.2, 0) is 24.4 Å². The lowest BCUT2D eigenvalue weighted by molar-refractivity contribution is -0.126. The zero-order chi connectivity index (χ0) is 20.8. The van der Waals surface area contributed by atoms with E-state index in [1.165, 1.54) is 37.1 Å². The summed E-state index contributed by atoms with van der Waals surface area (Å²) in [5.41, 5.74) is 3.70. The molecule has 2 aromatic rings. The maximum atomic E-state index is 12.7. The first kappa shape index (κ1) is 21.4. The fourth-order valence-corrected chi connectivity index (χ4v) is 4.79. The molecule has 2 aliphatic heterocycles. The molecule has 2 aromatic carbocycles. The molecule has 2 saturated heterocycles. The lowest BCUT2D eigenvalue weighted by atomic mass is 9.95. The van der Waals surface area contributed by atoms with E-state index in [1.807, 2.05) is 18.2 Å². The fourth-order valence-electron chi connectivity index (χ4n) is 4.59. The first-order valence-electron chi connectivity index (χ1n) is 11.2. The number of amides is 1. The summed E-state index contributed by atoms with van der Waals surface area (Å²) in [5.74, 6) is 0.303. The minimum absolute atomic E-state index is 0.111. The summed E-state index contributed by atoms with van der Waals surface area (Å²) in [6.45, 7) is 6.78. The van der Waals surface area contributed by atoms with Crippen molar-refractivity contribution in [2.45, 2.75) is 45.3 Å². The summed E-state index contributed by atoms with van der Waals surface area (Å²) in [6.07, 6.45) is 4.44. The van der Waals surface area contributed by atoms with Crippen molar-refractivity contribution in [2.75, 3.05) is 26.2 Å². The highest BCUT2D eigenvalue weighted by molar-refractivity contribution is 6.31. The Hall–Kier alpha value is -1.88. The van der Waals surface area contributed by atoms with Gasteiger partial charge in [-0.05, 0) is 74.6 Å². The highest BCUT2D eigenvalue weighted by Crippen LogP contribution is 2.22. The Morgan fingerprint density at radius 3 is 2.37 bits per heavy atom. The molecule has 2 fully saturated rings.